The van der Waals surface area contributed by atoms with Crippen molar-refractivity contribution < 1.29 is 21.6 Å². The van der Waals surface area contributed by atoms with Gasteiger partial charge >= 0.3 is 0 Å². The maximum Gasteiger partial charge on any atom is 0.264 e. The van der Waals surface area contributed by atoms with E-state index in [1.165, 1.54) is 53.1 Å². The lowest BCUT2D eigenvalue weighted by molar-refractivity contribution is -0.120. The molecule has 2 N–H and O–H groups in total. The summed E-state index contributed by atoms with van der Waals surface area (Å²) < 4.78 is 54.8. The van der Waals surface area contributed by atoms with E-state index in [2.05, 4.69) is 20.0 Å². The van der Waals surface area contributed by atoms with E-state index in [9.17, 15) is 21.6 Å². The summed E-state index contributed by atoms with van der Waals surface area (Å²) in [5.74, 6) is -0.525. The molecule has 1 aliphatic rings. The number of piperidine rings is 1. The average Bonchev–Trinajstić information content (AvgIpc) is 2.85. The molecule has 34 heavy (non-hydrogen) atoms. The number of nitrogens with one attached hydrogen (secondary N) is 2. The Labute approximate surface area is 198 Å². The number of aromatic nitrogens is 2. The Hall–Kier alpha value is -3.35. The van der Waals surface area contributed by atoms with Crippen LogP contribution in [0, 0.1) is 0 Å². The van der Waals surface area contributed by atoms with Crippen molar-refractivity contribution in [2.45, 2.75) is 35.1 Å². The molecule has 1 aliphatic heterocycles. The van der Waals surface area contributed by atoms with E-state index < -0.39 is 32.0 Å². The number of nitrogens with zero attached hydrogens (tertiary/aromatic N) is 3. The molecule has 2 aromatic carbocycles. The van der Waals surface area contributed by atoms with Gasteiger partial charge in [0.05, 0.1) is 9.79 Å². The summed E-state index contributed by atoms with van der Waals surface area (Å²) in [5.41, 5.74) is 0.350. The van der Waals surface area contributed by atoms with Crippen molar-refractivity contribution in [2.24, 2.45) is 0 Å². The first-order chi connectivity index (χ1) is 16.3. The summed E-state index contributed by atoms with van der Waals surface area (Å²) in [6.45, 7) is 0.250. The first-order valence-corrected chi connectivity index (χ1v) is 13.5. The smallest absolute Gasteiger partial charge is 0.264 e. The lowest BCUT2D eigenvalue weighted by Crippen LogP contribution is -2.49. The number of hydrogen-bond acceptors (Lipinski definition) is 7. The quantitative estimate of drug-likeness (QED) is 0.507. The fourth-order valence-corrected chi connectivity index (χ4v) is 6.29. The standard InChI is InChI=1S/C22H23N5O5S2/c28-21(20-9-4-5-16-27(20)34(31,32)19-7-2-1-3-8-19)25-17-10-12-18(13-11-17)33(29,30)26-22-23-14-6-15-24-22/h1-3,6-8,10-15,20H,4-5,9,16H2,(H,25,28)(H,23,24,26)/t20-/m1/s1. The highest BCUT2D eigenvalue weighted by molar-refractivity contribution is 7.92. The minimum absolute atomic E-state index is 0.0381. The summed E-state index contributed by atoms with van der Waals surface area (Å²) in [7, 11) is -7.74. The zero-order chi connectivity index (χ0) is 24.2. The van der Waals surface area contributed by atoms with Gasteiger partial charge in [0.1, 0.15) is 6.04 Å². The monoisotopic (exact) mass is 501 g/mol. The Morgan fingerprint density at radius 1 is 0.853 bits per heavy atom. The molecule has 1 amide bonds. The Bertz CT molecular complexity index is 1350. The number of carbonyl (C=O) groups is 1. The van der Waals surface area contributed by atoms with Gasteiger partial charge in [-0.15, -0.1) is 0 Å². The topological polar surface area (TPSA) is 138 Å². The first kappa shape index (κ1) is 23.8. The number of hydrogen-bond donors (Lipinski definition) is 2. The highest BCUT2D eigenvalue weighted by Gasteiger charge is 2.37. The average molecular weight is 502 g/mol. The van der Waals surface area contributed by atoms with E-state index in [1.807, 2.05) is 0 Å². The summed E-state index contributed by atoms with van der Waals surface area (Å²) in [6.07, 6.45) is 4.61. The van der Waals surface area contributed by atoms with E-state index in [0.29, 0.717) is 18.5 Å². The molecule has 0 aliphatic carbocycles. The van der Waals surface area contributed by atoms with Crippen LogP contribution in [-0.2, 0) is 24.8 Å². The second kappa shape index (κ2) is 9.87. The van der Waals surface area contributed by atoms with Gasteiger partial charge in [0, 0.05) is 24.6 Å². The zero-order valence-electron chi connectivity index (χ0n) is 18.0. The second-order valence-electron chi connectivity index (χ2n) is 7.63. The molecule has 0 saturated carbocycles. The predicted octanol–water partition coefficient (Wildman–Crippen LogP) is 2.46. The first-order valence-electron chi connectivity index (χ1n) is 10.5. The third kappa shape index (κ3) is 5.24. The molecule has 3 aromatic rings. The van der Waals surface area contributed by atoms with Crippen LogP contribution in [-0.4, -0.2) is 49.6 Å². The SMILES string of the molecule is O=C(Nc1ccc(S(=O)(=O)Nc2ncccn2)cc1)[C@H]1CCCCN1S(=O)(=O)c1ccccc1. The van der Waals surface area contributed by atoms with Crippen LogP contribution >= 0.6 is 0 Å². The maximum absolute atomic E-state index is 13.1. The minimum Gasteiger partial charge on any atom is -0.325 e. The van der Waals surface area contributed by atoms with Gasteiger partial charge in [0.25, 0.3) is 10.0 Å². The van der Waals surface area contributed by atoms with Crippen LogP contribution in [0.25, 0.3) is 0 Å². The molecular formula is C22H23N5O5S2. The summed E-state index contributed by atoms with van der Waals surface area (Å²) >= 11 is 0. The van der Waals surface area contributed by atoms with Crippen molar-refractivity contribution in [1.82, 2.24) is 14.3 Å². The van der Waals surface area contributed by atoms with Gasteiger partial charge in [0.2, 0.25) is 21.9 Å². The van der Waals surface area contributed by atoms with Crippen LogP contribution in [0.3, 0.4) is 0 Å². The third-order valence-electron chi connectivity index (χ3n) is 5.33. The van der Waals surface area contributed by atoms with Crippen LogP contribution < -0.4 is 10.0 Å². The number of sulfonamides is 2. The summed E-state index contributed by atoms with van der Waals surface area (Å²) in [6, 6.07) is 14.3. The van der Waals surface area contributed by atoms with E-state index in [4.69, 9.17) is 0 Å². The van der Waals surface area contributed by atoms with Gasteiger partial charge in [0.15, 0.2) is 0 Å². The van der Waals surface area contributed by atoms with E-state index in [1.54, 1.807) is 24.3 Å². The molecule has 0 unspecified atom stereocenters. The number of rotatable bonds is 7. The Morgan fingerprint density at radius 3 is 2.21 bits per heavy atom. The fraction of sp³-hybridized carbons (Fsp3) is 0.227. The molecule has 0 bridgehead atoms. The molecule has 0 radical (unpaired) electrons. The highest BCUT2D eigenvalue weighted by Crippen LogP contribution is 2.26. The number of benzene rings is 2. The Kier molecular flexibility index (Phi) is 6.91. The fourth-order valence-electron chi connectivity index (χ4n) is 3.66. The molecule has 0 spiro atoms. The number of amides is 1. The van der Waals surface area contributed by atoms with Gasteiger partial charge < -0.3 is 5.32 Å². The summed E-state index contributed by atoms with van der Waals surface area (Å²) in [4.78, 5) is 20.8. The van der Waals surface area contributed by atoms with Crippen LogP contribution in [0.15, 0.2) is 82.8 Å². The molecular weight excluding hydrogens is 478 g/mol. The van der Waals surface area contributed by atoms with E-state index >= 15 is 0 Å². The molecule has 1 fully saturated rings. The van der Waals surface area contributed by atoms with Gasteiger partial charge in [-0.1, -0.05) is 24.6 Å². The van der Waals surface area contributed by atoms with Gasteiger partial charge in [-0.2, -0.15) is 4.31 Å². The summed E-state index contributed by atoms with van der Waals surface area (Å²) in [5, 5.41) is 2.71. The van der Waals surface area contributed by atoms with Gasteiger partial charge in [-0.3, -0.25) is 4.79 Å². The molecule has 2 heterocycles. The molecule has 4 rings (SSSR count). The van der Waals surface area contributed by atoms with Crippen molar-refractivity contribution in [3.05, 3.63) is 73.1 Å². The number of anilines is 2. The highest BCUT2D eigenvalue weighted by atomic mass is 32.2. The number of carbonyl (C=O) groups excluding carboxylic acids is 1. The minimum atomic E-state index is -3.91. The molecule has 178 valence electrons. The largest absolute Gasteiger partial charge is 0.325 e. The third-order valence-corrected chi connectivity index (χ3v) is 8.60. The van der Waals surface area contributed by atoms with E-state index in [-0.39, 0.29) is 22.3 Å². The predicted molar refractivity (Wildman–Crippen MR) is 126 cm³/mol. The lowest BCUT2D eigenvalue weighted by atomic mass is 10.0. The van der Waals surface area contributed by atoms with E-state index in [0.717, 1.165) is 6.42 Å². The zero-order valence-corrected chi connectivity index (χ0v) is 19.7. The van der Waals surface area contributed by atoms with Crippen molar-refractivity contribution in [2.75, 3.05) is 16.6 Å². The molecule has 1 aromatic heterocycles. The van der Waals surface area contributed by atoms with Crippen LogP contribution in [0.4, 0.5) is 11.6 Å². The van der Waals surface area contributed by atoms with Crippen LogP contribution in [0.1, 0.15) is 19.3 Å². The van der Waals surface area contributed by atoms with Gasteiger partial charge in [-0.25, -0.2) is 31.5 Å². The van der Waals surface area contributed by atoms with Crippen LogP contribution in [0.5, 0.6) is 0 Å². The molecule has 12 heteroatoms. The second-order valence-corrected chi connectivity index (χ2v) is 11.2. The molecule has 10 nitrogen and oxygen atoms in total. The van der Waals surface area contributed by atoms with Gasteiger partial charge in [-0.05, 0) is 55.3 Å². The van der Waals surface area contributed by atoms with Crippen molar-refractivity contribution in [3.8, 4) is 0 Å². The molecule has 1 atom stereocenters. The maximum atomic E-state index is 13.1. The Balaban J connectivity index is 1.48. The normalized spacial score (nSPS) is 17.1. The van der Waals surface area contributed by atoms with Crippen molar-refractivity contribution in [3.63, 3.8) is 0 Å². The lowest BCUT2D eigenvalue weighted by Gasteiger charge is -2.33. The molecule has 1 saturated heterocycles. The van der Waals surface area contributed by atoms with Crippen molar-refractivity contribution in [1.29, 1.82) is 0 Å². The van der Waals surface area contributed by atoms with Crippen molar-refractivity contribution >= 4 is 37.6 Å². The van der Waals surface area contributed by atoms with Crippen LogP contribution in [0.2, 0.25) is 0 Å². The Morgan fingerprint density at radius 2 is 1.53 bits per heavy atom.